The normalized spacial score (nSPS) is 15.2. The SMILES string of the molecule is CCN(CC)S(=O)(=O)c1ccc(Cl)c(C(=O)N2CCC(Oc3c(C)cccc3C)CC2)c1. The standard InChI is InChI=1S/C24H31ClN2O4S/c1-5-27(6-2)32(29,30)20-10-11-22(25)21(16-20)24(28)26-14-12-19(13-15-26)31-23-17(3)8-7-9-18(23)4/h7-11,16,19H,5-6,12-15H2,1-4H3. The maximum absolute atomic E-state index is 13.2. The van der Waals surface area contributed by atoms with E-state index in [1.807, 2.05) is 32.0 Å². The number of likely N-dealkylation sites (tertiary alicyclic amines) is 1. The molecular weight excluding hydrogens is 448 g/mol. The summed E-state index contributed by atoms with van der Waals surface area (Å²) in [6.07, 6.45) is 1.44. The molecule has 2 aromatic rings. The number of amides is 1. The topological polar surface area (TPSA) is 66.9 Å². The number of hydrogen-bond donors (Lipinski definition) is 0. The van der Waals surface area contributed by atoms with E-state index in [9.17, 15) is 13.2 Å². The molecule has 1 heterocycles. The van der Waals surface area contributed by atoms with Gasteiger partial charge in [0.25, 0.3) is 5.91 Å². The maximum atomic E-state index is 13.2. The first-order valence-corrected chi connectivity index (χ1v) is 12.8. The number of sulfonamides is 1. The molecular formula is C24H31ClN2O4S. The van der Waals surface area contributed by atoms with Gasteiger partial charge < -0.3 is 9.64 Å². The minimum atomic E-state index is -3.67. The molecule has 6 nitrogen and oxygen atoms in total. The number of halogens is 1. The Morgan fingerprint density at radius 3 is 2.25 bits per heavy atom. The summed E-state index contributed by atoms with van der Waals surface area (Å²) < 4.78 is 33.3. The fraction of sp³-hybridized carbons (Fsp3) is 0.458. The molecule has 3 rings (SSSR count). The van der Waals surface area contributed by atoms with E-state index in [-0.39, 0.29) is 27.5 Å². The number of carbonyl (C=O) groups is 1. The van der Waals surface area contributed by atoms with Gasteiger partial charge in [0.05, 0.1) is 15.5 Å². The lowest BCUT2D eigenvalue weighted by atomic mass is 10.1. The molecule has 0 aromatic heterocycles. The molecule has 0 N–H and O–H groups in total. The van der Waals surface area contributed by atoms with Crippen molar-refractivity contribution in [2.24, 2.45) is 0 Å². The minimum Gasteiger partial charge on any atom is -0.490 e. The van der Waals surface area contributed by atoms with Gasteiger partial charge in [-0.15, -0.1) is 0 Å². The number of para-hydroxylation sites is 1. The molecule has 2 aromatic carbocycles. The Bertz CT molecular complexity index is 1060. The van der Waals surface area contributed by atoms with Gasteiger partial charge in [-0.3, -0.25) is 4.79 Å². The van der Waals surface area contributed by atoms with Crippen LogP contribution in [0.4, 0.5) is 0 Å². The van der Waals surface area contributed by atoms with Gasteiger partial charge in [0.1, 0.15) is 11.9 Å². The number of ether oxygens (including phenoxy) is 1. The number of rotatable bonds is 7. The van der Waals surface area contributed by atoms with Crippen LogP contribution in [0, 0.1) is 13.8 Å². The predicted molar refractivity (Wildman–Crippen MR) is 127 cm³/mol. The largest absolute Gasteiger partial charge is 0.490 e. The lowest BCUT2D eigenvalue weighted by Gasteiger charge is -2.33. The zero-order valence-electron chi connectivity index (χ0n) is 19.1. The Morgan fingerprint density at radius 1 is 1.09 bits per heavy atom. The van der Waals surface area contributed by atoms with E-state index >= 15 is 0 Å². The fourth-order valence-corrected chi connectivity index (χ4v) is 5.72. The summed E-state index contributed by atoms with van der Waals surface area (Å²) in [7, 11) is -3.67. The van der Waals surface area contributed by atoms with E-state index in [2.05, 4.69) is 0 Å². The van der Waals surface area contributed by atoms with Crippen LogP contribution in [-0.4, -0.2) is 55.8 Å². The molecule has 1 fully saturated rings. The van der Waals surface area contributed by atoms with Gasteiger partial charge in [0.2, 0.25) is 10.0 Å². The zero-order valence-corrected chi connectivity index (χ0v) is 20.7. The first-order valence-electron chi connectivity index (χ1n) is 11.0. The lowest BCUT2D eigenvalue weighted by Crippen LogP contribution is -2.42. The van der Waals surface area contributed by atoms with Crippen molar-refractivity contribution in [3.63, 3.8) is 0 Å². The number of piperidine rings is 1. The van der Waals surface area contributed by atoms with Gasteiger partial charge in [-0.2, -0.15) is 4.31 Å². The van der Waals surface area contributed by atoms with Gasteiger partial charge in [-0.1, -0.05) is 43.6 Å². The smallest absolute Gasteiger partial charge is 0.255 e. The molecule has 0 saturated carbocycles. The second-order valence-electron chi connectivity index (χ2n) is 8.06. The molecule has 0 unspecified atom stereocenters. The van der Waals surface area contributed by atoms with E-state index in [1.54, 1.807) is 18.7 Å². The summed E-state index contributed by atoms with van der Waals surface area (Å²) in [6.45, 7) is 9.40. The van der Waals surface area contributed by atoms with E-state index < -0.39 is 10.0 Å². The average Bonchev–Trinajstić information content (AvgIpc) is 2.77. The molecule has 1 aliphatic rings. The van der Waals surface area contributed by atoms with Crippen molar-refractivity contribution in [1.29, 1.82) is 0 Å². The minimum absolute atomic E-state index is 0.0312. The Kier molecular flexibility index (Phi) is 7.85. The molecule has 8 heteroatoms. The average molecular weight is 479 g/mol. The van der Waals surface area contributed by atoms with Crippen molar-refractivity contribution in [3.05, 3.63) is 58.1 Å². The predicted octanol–water partition coefficient (Wildman–Crippen LogP) is 4.67. The summed E-state index contributed by atoms with van der Waals surface area (Å²) >= 11 is 6.30. The van der Waals surface area contributed by atoms with Crippen LogP contribution in [0.25, 0.3) is 0 Å². The Hall–Kier alpha value is -2.09. The number of aryl methyl sites for hydroxylation is 2. The zero-order chi connectivity index (χ0) is 23.5. The molecule has 0 atom stereocenters. The van der Waals surface area contributed by atoms with Gasteiger partial charge in [-0.25, -0.2) is 8.42 Å². The highest BCUT2D eigenvalue weighted by molar-refractivity contribution is 7.89. The van der Waals surface area contributed by atoms with Crippen LogP contribution >= 0.6 is 11.6 Å². The van der Waals surface area contributed by atoms with Crippen LogP contribution in [0.5, 0.6) is 5.75 Å². The summed E-state index contributed by atoms with van der Waals surface area (Å²) in [4.78, 5) is 15.0. The molecule has 0 aliphatic carbocycles. The number of nitrogens with zero attached hydrogens (tertiary/aromatic N) is 2. The van der Waals surface area contributed by atoms with Crippen LogP contribution < -0.4 is 4.74 Å². The third-order valence-corrected chi connectivity index (χ3v) is 8.31. The van der Waals surface area contributed by atoms with Crippen LogP contribution in [0.1, 0.15) is 48.2 Å². The third-order valence-electron chi connectivity index (χ3n) is 5.93. The van der Waals surface area contributed by atoms with Crippen LogP contribution in [-0.2, 0) is 10.0 Å². The molecule has 174 valence electrons. The molecule has 0 radical (unpaired) electrons. The van der Waals surface area contributed by atoms with E-state index in [4.69, 9.17) is 16.3 Å². The van der Waals surface area contributed by atoms with Crippen molar-refractivity contribution < 1.29 is 17.9 Å². The summed E-state index contributed by atoms with van der Waals surface area (Å²) in [5.74, 6) is 0.659. The lowest BCUT2D eigenvalue weighted by molar-refractivity contribution is 0.0593. The quantitative estimate of drug-likeness (QED) is 0.580. The summed E-state index contributed by atoms with van der Waals surface area (Å²) in [5.41, 5.74) is 2.41. The van der Waals surface area contributed by atoms with E-state index in [0.29, 0.717) is 39.0 Å². The monoisotopic (exact) mass is 478 g/mol. The van der Waals surface area contributed by atoms with Gasteiger partial charge in [0.15, 0.2) is 0 Å². The molecule has 0 spiro atoms. The number of hydrogen-bond acceptors (Lipinski definition) is 4. The van der Waals surface area contributed by atoms with E-state index in [0.717, 1.165) is 16.9 Å². The van der Waals surface area contributed by atoms with Crippen molar-refractivity contribution in [1.82, 2.24) is 9.21 Å². The van der Waals surface area contributed by atoms with Crippen molar-refractivity contribution in [2.45, 2.75) is 51.5 Å². The van der Waals surface area contributed by atoms with Crippen molar-refractivity contribution in [3.8, 4) is 5.75 Å². The number of carbonyl (C=O) groups excluding carboxylic acids is 1. The first kappa shape index (κ1) is 24.6. The molecule has 1 saturated heterocycles. The van der Waals surface area contributed by atoms with Gasteiger partial charge in [0, 0.05) is 39.0 Å². The highest BCUT2D eigenvalue weighted by Gasteiger charge is 2.29. The van der Waals surface area contributed by atoms with Crippen LogP contribution in [0.2, 0.25) is 5.02 Å². The highest BCUT2D eigenvalue weighted by atomic mass is 35.5. The van der Waals surface area contributed by atoms with E-state index in [1.165, 1.54) is 22.5 Å². The second-order valence-corrected chi connectivity index (χ2v) is 10.4. The Morgan fingerprint density at radius 2 is 1.69 bits per heavy atom. The molecule has 32 heavy (non-hydrogen) atoms. The maximum Gasteiger partial charge on any atom is 0.255 e. The summed E-state index contributed by atoms with van der Waals surface area (Å²) in [6, 6.07) is 10.4. The van der Waals surface area contributed by atoms with Crippen LogP contribution in [0.3, 0.4) is 0 Å². The summed E-state index contributed by atoms with van der Waals surface area (Å²) in [5, 5.41) is 0.252. The first-order chi connectivity index (χ1) is 15.2. The van der Waals surface area contributed by atoms with Gasteiger partial charge >= 0.3 is 0 Å². The van der Waals surface area contributed by atoms with Crippen LogP contribution in [0.15, 0.2) is 41.3 Å². The Balaban J connectivity index is 1.72. The second kappa shape index (κ2) is 10.2. The molecule has 1 aliphatic heterocycles. The van der Waals surface area contributed by atoms with Gasteiger partial charge in [-0.05, 0) is 43.2 Å². The number of benzene rings is 2. The molecule has 0 bridgehead atoms. The van der Waals surface area contributed by atoms with Crippen molar-refractivity contribution >= 4 is 27.5 Å². The third kappa shape index (κ3) is 5.11. The fourth-order valence-electron chi connectivity index (χ4n) is 4.04. The highest BCUT2D eigenvalue weighted by Crippen LogP contribution is 2.28. The van der Waals surface area contributed by atoms with Crippen molar-refractivity contribution in [2.75, 3.05) is 26.2 Å². The Labute approximate surface area is 196 Å². The molecule has 1 amide bonds.